The number of hydrogen-bond donors (Lipinski definition) is 2. The third-order valence-electron chi connectivity index (χ3n) is 1.21. The molecule has 10 heavy (non-hydrogen) atoms. The first-order chi connectivity index (χ1) is 4.88. The van der Waals surface area contributed by atoms with E-state index >= 15 is 0 Å². The van der Waals surface area contributed by atoms with Gasteiger partial charge in [-0.25, -0.2) is 0 Å². The Hall–Kier alpha value is -0.940. The summed E-state index contributed by atoms with van der Waals surface area (Å²) in [6, 6.07) is -0.366. The molecule has 0 saturated carbocycles. The lowest BCUT2D eigenvalue weighted by Crippen LogP contribution is -2.15. The lowest BCUT2D eigenvalue weighted by atomic mass is 10.3. The molecule has 0 atom stereocenters. The zero-order valence-corrected chi connectivity index (χ0v) is 5.30. The second-order valence-electron chi connectivity index (χ2n) is 1.86. The van der Waals surface area contributed by atoms with Crippen LogP contribution in [0.1, 0.15) is 6.04 Å². The number of aromatic nitrogens is 3. The highest BCUT2D eigenvalue weighted by molar-refractivity contribution is 4.68. The highest BCUT2D eigenvalue weighted by Gasteiger charge is 2.06. The summed E-state index contributed by atoms with van der Waals surface area (Å²) in [7, 11) is 0. The number of nitrogens with zero attached hydrogens (tertiary/aromatic N) is 3. The molecule has 5 nitrogen and oxygen atoms in total. The Labute approximate surface area is 57.9 Å². The van der Waals surface area contributed by atoms with Gasteiger partial charge < -0.3 is 14.8 Å². The quantitative estimate of drug-likeness (QED) is 0.544. The van der Waals surface area contributed by atoms with Gasteiger partial charge in [0.15, 0.2) is 0 Å². The molecule has 2 N–H and O–H groups in total. The van der Waals surface area contributed by atoms with Gasteiger partial charge in [0.2, 0.25) is 6.33 Å². The molecule has 0 aliphatic rings. The molecule has 0 saturated heterocycles. The molecule has 1 aromatic rings. The maximum absolute atomic E-state index is 8.64. The van der Waals surface area contributed by atoms with E-state index in [0.29, 0.717) is 0 Å². The molecule has 0 fully saturated rings. The van der Waals surface area contributed by atoms with E-state index in [1.807, 2.05) is 0 Å². The van der Waals surface area contributed by atoms with E-state index in [1.54, 1.807) is 0 Å². The summed E-state index contributed by atoms with van der Waals surface area (Å²) in [4.78, 5) is 0. The first kappa shape index (κ1) is 7.17. The maximum Gasteiger partial charge on any atom is 0.202 e. The van der Waals surface area contributed by atoms with E-state index in [-0.39, 0.29) is 19.3 Å². The fraction of sp³-hybridized carbons (Fsp3) is 0.600. The van der Waals surface area contributed by atoms with Crippen molar-refractivity contribution in [2.24, 2.45) is 0 Å². The molecule has 0 aliphatic heterocycles. The normalized spacial score (nSPS) is 10.7. The summed E-state index contributed by atoms with van der Waals surface area (Å²) in [5.41, 5.74) is 0. The Morgan fingerprint density at radius 1 is 1.50 bits per heavy atom. The minimum Gasteiger partial charge on any atom is -0.394 e. The average Bonchev–Trinajstić information content (AvgIpc) is 2.43. The molecular formula is C5H8N3O2. The van der Waals surface area contributed by atoms with Crippen LogP contribution in [0.3, 0.4) is 0 Å². The summed E-state index contributed by atoms with van der Waals surface area (Å²) in [6.45, 7) is -0.268. The highest BCUT2D eigenvalue weighted by atomic mass is 16.3. The van der Waals surface area contributed by atoms with Crippen LogP contribution in [0.15, 0.2) is 6.33 Å². The second kappa shape index (κ2) is 3.28. The van der Waals surface area contributed by atoms with Gasteiger partial charge in [0.25, 0.3) is 0 Å². The summed E-state index contributed by atoms with van der Waals surface area (Å²) < 4.78 is 1.43. The zero-order valence-electron chi connectivity index (χ0n) is 5.30. The van der Waals surface area contributed by atoms with Gasteiger partial charge >= 0.3 is 0 Å². The molecule has 0 spiro atoms. The standard InChI is InChI=1S/C5H8N3O2/c9-1-5(2-10)8-3-6-7-4-8/h3,5,9-10H,1-2H2. The van der Waals surface area contributed by atoms with Crippen LogP contribution in [0.2, 0.25) is 0 Å². The fourth-order valence-electron chi connectivity index (χ4n) is 0.594. The van der Waals surface area contributed by atoms with E-state index in [2.05, 4.69) is 16.5 Å². The van der Waals surface area contributed by atoms with Crippen molar-refractivity contribution in [1.29, 1.82) is 0 Å². The Morgan fingerprint density at radius 3 is 2.60 bits per heavy atom. The molecule has 0 bridgehead atoms. The predicted molar refractivity (Wildman–Crippen MR) is 32.1 cm³/mol. The smallest absolute Gasteiger partial charge is 0.202 e. The van der Waals surface area contributed by atoms with Gasteiger partial charge in [-0.1, -0.05) is 0 Å². The fourth-order valence-corrected chi connectivity index (χ4v) is 0.594. The molecule has 5 heteroatoms. The van der Waals surface area contributed by atoms with Crippen LogP contribution in [0.4, 0.5) is 0 Å². The lowest BCUT2D eigenvalue weighted by Gasteiger charge is -2.09. The largest absolute Gasteiger partial charge is 0.394 e. The Balaban J connectivity index is 2.64. The first-order valence-corrected chi connectivity index (χ1v) is 2.87. The van der Waals surface area contributed by atoms with Crippen molar-refractivity contribution in [3.63, 3.8) is 0 Å². The SMILES string of the molecule is OCC(CO)n1[c]nnc1. The highest BCUT2D eigenvalue weighted by Crippen LogP contribution is 1.99. The summed E-state index contributed by atoms with van der Waals surface area (Å²) >= 11 is 0. The van der Waals surface area contributed by atoms with Crippen molar-refractivity contribution in [1.82, 2.24) is 14.8 Å². The zero-order chi connectivity index (χ0) is 7.40. The maximum atomic E-state index is 8.64. The Bertz CT molecular complexity index is 171. The summed E-state index contributed by atoms with van der Waals surface area (Å²) in [6.07, 6.45) is 3.87. The topological polar surface area (TPSA) is 71.2 Å². The van der Waals surface area contributed by atoms with Gasteiger partial charge in [-0.15, -0.1) is 10.2 Å². The molecule has 0 amide bonds. The Morgan fingerprint density at radius 2 is 2.20 bits per heavy atom. The van der Waals surface area contributed by atoms with Crippen molar-refractivity contribution in [3.8, 4) is 0 Å². The minimum atomic E-state index is -0.366. The molecule has 1 rings (SSSR count). The lowest BCUT2D eigenvalue weighted by molar-refractivity contribution is 0.153. The summed E-state index contributed by atoms with van der Waals surface area (Å²) in [5.74, 6) is 0. The van der Waals surface area contributed by atoms with Gasteiger partial charge in [0.1, 0.15) is 6.33 Å². The van der Waals surface area contributed by atoms with Crippen LogP contribution < -0.4 is 0 Å². The molecule has 0 aliphatic carbocycles. The van der Waals surface area contributed by atoms with E-state index < -0.39 is 0 Å². The van der Waals surface area contributed by atoms with E-state index in [4.69, 9.17) is 10.2 Å². The van der Waals surface area contributed by atoms with Crippen molar-refractivity contribution in [2.75, 3.05) is 13.2 Å². The number of hydrogen-bond acceptors (Lipinski definition) is 4. The molecule has 0 unspecified atom stereocenters. The first-order valence-electron chi connectivity index (χ1n) is 2.87. The van der Waals surface area contributed by atoms with Crippen LogP contribution in [0.25, 0.3) is 0 Å². The van der Waals surface area contributed by atoms with Crippen molar-refractivity contribution < 1.29 is 10.2 Å². The monoisotopic (exact) mass is 142 g/mol. The molecule has 1 radical (unpaired) electrons. The van der Waals surface area contributed by atoms with E-state index in [0.717, 1.165) is 0 Å². The number of rotatable bonds is 3. The third-order valence-corrected chi connectivity index (χ3v) is 1.21. The molecule has 1 aromatic heterocycles. The summed E-state index contributed by atoms with van der Waals surface area (Å²) in [5, 5.41) is 24.2. The van der Waals surface area contributed by atoms with Crippen LogP contribution in [0, 0.1) is 6.33 Å². The van der Waals surface area contributed by atoms with Crippen molar-refractivity contribution in [2.45, 2.75) is 6.04 Å². The number of aliphatic hydroxyl groups excluding tert-OH is 2. The van der Waals surface area contributed by atoms with Gasteiger partial charge in [0, 0.05) is 0 Å². The van der Waals surface area contributed by atoms with Gasteiger partial charge in [0.05, 0.1) is 19.3 Å². The van der Waals surface area contributed by atoms with Gasteiger partial charge in [-0.05, 0) is 0 Å². The van der Waals surface area contributed by atoms with Crippen LogP contribution in [-0.4, -0.2) is 38.2 Å². The number of aliphatic hydroxyl groups is 2. The van der Waals surface area contributed by atoms with Crippen molar-refractivity contribution in [3.05, 3.63) is 12.7 Å². The molecular weight excluding hydrogens is 134 g/mol. The molecule has 55 valence electrons. The van der Waals surface area contributed by atoms with Crippen molar-refractivity contribution >= 4 is 0 Å². The van der Waals surface area contributed by atoms with Gasteiger partial charge in [-0.2, -0.15) is 0 Å². The van der Waals surface area contributed by atoms with E-state index in [9.17, 15) is 0 Å². The average molecular weight is 142 g/mol. The molecule has 1 heterocycles. The Kier molecular flexibility index (Phi) is 2.35. The second-order valence-corrected chi connectivity index (χ2v) is 1.86. The third kappa shape index (κ3) is 1.31. The van der Waals surface area contributed by atoms with Crippen LogP contribution >= 0.6 is 0 Å². The minimum absolute atomic E-state index is 0.134. The van der Waals surface area contributed by atoms with Crippen LogP contribution in [-0.2, 0) is 0 Å². The van der Waals surface area contributed by atoms with Gasteiger partial charge in [-0.3, -0.25) is 0 Å². The molecule has 0 aromatic carbocycles. The van der Waals surface area contributed by atoms with Crippen LogP contribution in [0.5, 0.6) is 0 Å². The predicted octanol–water partition coefficient (Wildman–Crippen LogP) is -1.40. The van der Waals surface area contributed by atoms with E-state index in [1.165, 1.54) is 10.9 Å².